The van der Waals surface area contributed by atoms with E-state index in [4.69, 9.17) is 30.8 Å². The van der Waals surface area contributed by atoms with Crippen LogP contribution in [-0.4, -0.2) is 67.4 Å². The van der Waals surface area contributed by atoms with Gasteiger partial charge in [0.05, 0.1) is 0 Å². The SMILES string of the molecule is OOC1[C@H](O)[C@H](O)C(O)[C@H](O)[C@H]1O. The molecular formula is C6H12O7. The highest BCUT2D eigenvalue weighted by Crippen LogP contribution is 2.22. The Bertz CT molecular complexity index is 158. The first kappa shape index (κ1) is 10.8. The van der Waals surface area contributed by atoms with E-state index in [9.17, 15) is 0 Å². The summed E-state index contributed by atoms with van der Waals surface area (Å²) in [4.78, 5) is 3.67. The van der Waals surface area contributed by atoms with Gasteiger partial charge in [-0.05, 0) is 0 Å². The van der Waals surface area contributed by atoms with Crippen molar-refractivity contribution in [3.63, 3.8) is 0 Å². The van der Waals surface area contributed by atoms with Gasteiger partial charge in [0.15, 0.2) is 0 Å². The van der Waals surface area contributed by atoms with Crippen LogP contribution in [0.2, 0.25) is 0 Å². The van der Waals surface area contributed by atoms with Crippen molar-refractivity contribution < 1.29 is 35.7 Å². The summed E-state index contributed by atoms with van der Waals surface area (Å²) in [5, 5.41) is 53.7. The van der Waals surface area contributed by atoms with Crippen molar-refractivity contribution in [2.75, 3.05) is 0 Å². The zero-order valence-corrected chi connectivity index (χ0v) is 6.56. The van der Waals surface area contributed by atoms with Crippen molar-refractivity contribution in [1.82, 2.24) is 0 Å². The molecule has 2 unspecified atom stereocenters. The zero-order valence-electron chi connectivity index (χ0n) is 6.56. The number of aliphatic hydroxyl groups excluding tert-OH is 5. The normalized spacial score (nSPS) is 52.2. The summed E-state index contributed by atoms with van der Waals surface area (Å²) < 4.78 is 0. The van der Waals surface area contributed by atoms with E-state index >= 15 is 0 Å². The Morgan fingerprint density at radius 1 is 0.615 bits per heavy atom. The fraction of sp³-hybridized carbons (Fsp3) is 1.00. The standard InChI is InChI=1S/C6H12O7/c7-1-2(8)4(10)6(13-12)5(11)3(1)9/h1-12H/t1?,2-,3+,4-,5-,6?/m1/s1. The molecule has 7 heteroatoms. The lowest BCUT2D eigenvalue weighted by molar-refractivity contribution is -0.348. The van der Waals surface area contributed by atoms with Gasteiger partial charge < -0.3 is 25.5 Å². The van der Waals surface area contributed by atoms with Gasteiger partial charge in [0.2, 0.25) is 0 Å². The summed E-state index contributed by atoms with van der Waals surface area (Å²) in [5.74, 6) is 0. The van der Waals surface area contributed by atoms with Crippen molar-refractivity contribution in [2.24, 2.45) is 0 Å². The molecule has 7 nitrogen and oxygen atoms in total. The van der Waals surface area contributed by atoms with Crippen molar-refractivity contribution in [3.8, 4) is 0 Å². The topological polar surface area (TPSA) is 131 Å². The van der Waals surface area contributed by atoms with Crippen LogP contribution in [0.5, 0.6) is 0 Å². The molecule has 0 aromatic rings. The maximum atomic E-state index is 9.13. The van der Waals surface area contributed by atoms with Gasteiger partial charge in [-0.15, -0.1) is 0 Å². The molecule has 6 atom stereocenters. The summed E-state index contributed by atoms with van der Waals surface area (Å²) in [7, 11) is 0. The Balaban J connectivity index is 2.79. The van der Waals surface area contributed by atoms with Crippen LogP contribution in [0.1, 0.15) is 0 Å². The van der Waals surface area contributed by atoms with Gasteiger partial charge in [0.1, 0.15) is 36.6 Å². The molecule has 0 aromatic carbocycles. The first-order valence-electron chi connectivity index (χ1n) is 3.71. The Kier molecular flexibility index (Phi) is 3.19. The Morgan fingerprint density at radius 2 is 0.923 bits per heavy atom. The second-order valence-corrected chi connectivity index (χ2v) is 3.02. The molecule has 1 aliphatic rings. The fourth-order valence-corrected chi connectivity index (χ4v) is 1.32. The molecule has 0 aliphatic heterocycles. The monoisotopic (exact) mass is 196 g/mol. The van der Waals surface area contributed by atoms with Gasteiger partial charge >= 0.3 is 0 Å². The van der Waals surface area contributed by atoms with E-state index < -0.39 is 36.6 Å². The lowest BCUT2D eigenvalue weighted by Gasteiger charge is -2.39. The zero-order chi connectivity index (χ0) is 10.2. The average molecular weight is 196 g/mol. The minimum absolute atomic E-state index is 1.53. The van der Waals surface area contributed by atoms with Crippen LogP contribution in [0.25, 0.3) is 0 Å². The van der Waals surface area contributed by atoms with Crippen molar-refractivity contribution >= 4 is 0 Å². The van der Waals surface area contributed by atoms with Crippen LogP contribution in [0.4, 0.5) is 0 Å². The van der Waals surface area contributed by atoms with E-state index in [0.717, 1.165) is 0 Å². The van der Waals surface area contributed by atoms with E-state index in [1.165, 1.54) is 0 Å². The van der Waals surface area contributed by atoms with Crippen molar-refractivity contribution in [2.45, 2.75) is 36.6 Å². The van der Waals surface area contributed by atoms with Crippen molar-refractivity contribution in [3.05, 3.63) is 0 Å². The fourth-order valence-electron chi connectivity index (χ4n) is 1.32. The molecule has 0 amide bonds. The molecule has 0 aromatic heterocycles. The van der Waals surface area contributed by atoms with E-state index in [1.807, 2.05) is 0 Å². The van der Waals surface area contributed by atoms with Crippen LogP contribution >= 0.6 is 0 Å². The smallest absolute Gasteiger partial charge is 0.149 e. The number of hydrogen-bond donors (Lipinski definition) is 6. The van der Waals surface area contributed by atoms with E-state index in [-0.39, 0.29) is 0 Å². The highest BCUT2D eigenvalue weighted by atomic mass is 17.1. The Labute approximate surface area is 73.4 Å². The summed E-state index contributed by atoms with van der Waals surface area (Å²) in [6.45, 7) is 0. The molecule has 0 saturated heterocycles. The van der Waals surface area contributed by atoms with Crippen LogP contribution in [0.3, 0.4) is 0 Å². The molecule has 0 heterocycles. The first-order valence-corrected chi connectivity index (χ1v) is 3.71. The largest absolute Gasteiger partial charge is 0.387 e. The van der Waals surface area contributed by atoms with Crippen molar-refractivity contribution in [1.29, 1.82) is 0 Å². The van der Waals surface area contributed by atoms with Crippen LogP contribution in [-0.2, 0) is 4.89 Å². The van der Waals surface area contributed by atoms with Gasteiger partial charge in [-0.3, -0.25) is 5.26 Å². The third kappa shape index (κ3) is 1.67. The number of hydrogen-bond acceptors (Lipinski definition) is 7. The molecule has 1 aliphatic carbocycles. The molecule has 6 N–H and O–H groups in total. The quantitative estimate of drug-likeness (QED) is 0.191. The van der Waals surface area contributed by atoms with Crippen LogP contribution in [0, 0.1) is 0 Å². The van der Waals surface area contributed by atoms with Gasteiger partial charge in [-0.1, -0.05) is 0 Å². The highest BCUT2D eigenvalue weighted by Gasteiger charge is 2.49. The van der Waals surface area contributed by atoms with Gasteiger partial charge in [-0.25, -0.2) is 4.89 Å². The van der Waals surface area contributed by atoms with Crippen LogP contribution in [0.15, 0.2) is 0 Å². The Morgan fingerprint density at radius 3 is 1.23 bits per heavy atom. The summed E-state index contributed by atoms with van der Waals surface area (Å²) in [6, 6.07) is 0. The van der Waals surface area contributed by atoms with E-state index in [2.05, 4.69) is 4.89 Å². The lowest BCUT2D eigenvalue weighted by Crippen LogP contribution is -2.64. The molecule has 0 bridgehead atoms. The van der Waals surface area contributed by atoms with Gasteiger partial charge in [0.25, 0.3) is 0 Å². The number of aliphatic hydroxyl groups is 5. The molecule has 78 valence electrons. The first-order chi connectivity index (χ1) is 6.00. The Hall–Kier alpha value is -0.280. The van der Waals surface area contributed by atoms with Gasteiger partial charge in [-0.2, -0.15) is 0 Å². The minimum atomic E-state index is -1.67. The predicted molar refractivity (Wildman–Crippen MR) is 37.5 cm³/mol. The molecule has 0 spiro atoms. The third-order valence-electron chi connectivity index (χ3n) is 2.19. The lowest BCUT2D eigenvalue weighted by atomic mass is 9.85. The van der Waals surface area contributed by atoms with E-state index in [0.29, 0.717) is 0 Å². The predicted octanol–water partition coefficient (Wildman–Crippen LogP) is -3.34. The second kappa shape index (κ2) is 3.84. The molecule has 0 radical (unpaired) electrons. The van der Waals surface area contributed by atoms with Gasteiger partial charge in [0, 0.05) is 0 Å². The third-order valence-corrected chi connectivity index (χ3v) is 2.19. The minimum Gasteiger partial charge on any atom is -0.387 e. The number of rotatable bonds is 1. The van der Waals surface area contributed by atoms with Crippen LogP contribution < -0.4 is 0 Å². The maximum Gasteiger partial charge on any atom is 0.149 e. The van der Waals surface area contributed by atoms with E-state index in [1.54, 1.807) is 0 Å². The average Bonchev–Trinajstić information content (AvgIpc) is 2.13. The highest BCUT2D eigenvalue weighted by molar-refractivity contribution is 4.98. The molecule has 13 heavy (non-hydrogen) atoms. The summed E-state index contributed by atoms with van der Waals surface area (Å²) in [5.41, 5.74) is 0. The molecule has 1 saturated carbocycles. The summed E-state index contributed by atoms with van der Waals surface area (Å²) >= 11 is 0. The summed E-state index contributed by atoms with van der Waals surface area (Å²) in [6.07, 6.45) is -9.85. The molecule has 1 fully saturated rings. The molecular weight excluding hydrogens is 184 g/mol. The molecule has 1 rings (SSSR count). The maximum absolute atomic E-state index is 9.13. The second-order valence-electron chi connectivity index (χ2n) is 3.02.